The number of thiazole rings is 1. The quantitative estimate of drug-likeness (QED) is 0.257. The first kappa shape index (κ1) is 24.0. The maximum absolute atomic E-state index is 14.0. The molecule has 3 heterocycles. The topological polar surface area (TPSA) is 61.4 Å². The van der Waals surface area contributed by atoms with Crippen LogP contribution in [0.4, 0.5) is 4.39 Å². The SMILES string of the molecule is O=c1/c(=C/c2cn(-c3ccccc3)nc2-c2ccc(OCc3ccccc3F)cc2)sc2nc3ccccc3n12. The van der Waals surface area contributed by atoms with Gasteiger partial charge in [-0.2, -0.15) is 5.10 Å². The summed E-state index contributed by atoms with van der Waals surface area (Å²) in [7, 11) is 0. The zero-order chi connectivity index (χ0) is 27.1. The molecule has 0 bridgehead atoms. The third-order valence-electron chi connectivity index (χ3n) is 6.67. The van der Waals surface area contributed by atoms with Gasteiger partial charge in [0.2, 0.25) is 0 Å². The van der Waals surface area contributed by atoms with Crippen LogP contribution in [-0.2, 0) is 6.61 Å². The molecule has 0 saturated carbocycles. The van der Waals surface area contributed by atoms with Gasteiger partial charge < -0.3 is 4.74 Å². The van der Waals surface area contributed by atoms with Crippen LogP contribution in [0.25, 0.3) is 39.0 Å². The summed E-state index contributed by atoms with van der Waals surface area (Å²) in [6.45, 7) is 0.134. The van der Waals surface area contributed by atoms with E-state index in [-0.39, 0.29) is 18.0 Å². The average Bonchev–Trinajstić information content (AvgIpc) is 3.66. The van der Waals surface area contributed by atoms with Crippen LogP contribution in [0.2, 0.25) is 0 Å². The Hall–Kier alpha value is -5.08. The van der Waals surface area contributed by atoms with Gasteiger partial charge in [-0.1, -0.05) is 59.9 Å². The van der Waals surface area contributed by atoms with Gasteiger partial charge in [0.1, 0.15) is 23.9 Å². The smallest absolute Gasteiger partial charge is 0.274 e. The third-order valence-corrected chi connectivity index (χ3v) is 7.64. The molecule has 0 N–H and O–H groups in total. The molecule has 0 atom stereocenters. The van der Waals surface area contributed by atoms with Crippen molar-refractivity contribution in [2.75, 3.05) is 0 Å². The van der Waals surface area contributed by atoms with E-state index in [0.29, 0.717) is 20.8 Å². The highest BCUT2D eigenvalue weighted by molar-refractivity contribution is 7.15. The van der Waals surface area contributed by atoms with Crippen molar-refractivity contribution in [2.24, 2.45) is 0 Å². The van der Waals surface area contributed by atoms with E-state index in [1.807, 2.05) is 95.8 Å². The molecule has 4 aromatic carbocycles. The minimum Gasteiger partial charge on any atom is -0.489 e. The van der Waals surface area contributed by atoms with Crippen LogP contribution in [0, 0.1) is 5.82 Å². The number of fused-ring (bicyclic) bond motifs is 3. The molecule has 7 aromatic rings. The Labute approximate surface area is 231 Å². The van der Waals surface area contributed by atoms with Crippen LogP contribution < -0.4 is 14.8 Å². The summed E-state index contributed by atoms with van der Waals surface area (Å²) in [4.78, 5) is 18.7. The van der Waals surface area contributed by atoms with Gasteiger partial charge in [-0.25, -0.2) is 18.5 Å². The molecule has 3 aromatic heterocycles. The first-order valence-electron chi connectivity index (χ1n) is 12.7. The lowest BCUT2D eigenvalue weighted by atomic mass is 10.1. The number of benzene rings is 4. The van der Waals surface area contributed by atoms with E-state index >= 15 is 0 Å². The summed E-state index contributed by atoms with van der Waals surface area (Å²) in [5, 5.41) is 4.88. The van der Waals surface area contributed by atoms with E-state index in [0.717, 1.165) is 33.5 Å². The zero-order valence-corrected chi connectivity index (χ0v) is 21.9. The molecule has 194 valence electrons. The molecule has 7 rings (SSSR count). The van der Waals surface area contributed by atoms with Gasteiger partial charge in [0.15, 0.2) is 4.96 Å². The number of aromatic nitrogens is 4. The Morgan fingerprint density at radius 3 is 2.45 bits per heavy atom. The summed E-state index contributed by atoms with van der Waals surface area (Å²) in [5.41, 5.74) is 5.27. The van der Waals surface area contributed by atoms with Crippen molar-refractivity contribution in [1.29, 1.82) is 0 Å². The number of rotatable bonds is 6. The average molecular weight is 545 g/mol. The van der Waals surface area contributed by atoms with Crippen molar-refractivity contribution in [3.8, 4) is 22.7 Å². The summed E-state index contributed by atoms with van der Waals surface area (Å²) in [6.07, 6.45) is 3.80. The molecular weight excluding hydrogens is 523 g/mol. The molecule has 40 heavy (non-hydrogen) atoms. The van der Waals surface area contributed by atoms with E-state index in [9.17, 15) is 9.18 Å². The molecule has 0 spiro atoms. The van der Waals surface area contributed by atoms with Gasteiger partial charge in [0.05, 0.1) is 21.3 Å². The monoisotopic (exact) mass is 544 g/mol. The van der Waals surface area contributed by atoms with Crippen LogP contribution in [0.3, 0.4) is 0 Å². The molecule has 0 amide bonds. The van der Waals surface area contributed by atoms with Gasteiger partial charge in [-0.05, 0) is 60.7 Å². The molecule has 0 saturated heterocycles. The Kier molecular flexibility index (Phi) is 5.94. The number of nitrogens with zero attached hydrogens (tertiary/aromatic N) is 4. The predicted octanol–water partition coefficient (Wildman–Crippen LogP) is 6.03. The Balaban J connectivity index is 1.28. The molecule has 0 aliphatic rings. The number of hydrogen-bond donors (Lipinski definition) is 0. The molecule has 0 fully saturated rings. The summed E-state index contributed by atoms with van der Waals surface area (Å²) >= 11 is 1.36. The molecule has 0 radical (unpaired) electrons. The summed E-state index contributed by atoms with van der Waals surface area (Å²) in [5.74, 6) is 0.325. The lowest BCUT2D eigenvalue weighted by Crippen LogP contribution is -2.22. The molecular formula is C32H21FN4O2S. The maximum Gasteiger partial charge on any atom is 0.274 e. The number of imidazole rings is 1. The van der Waals surface area contributed by atoms with Gasteiger partial charge in [-0.15, -0.1) is 0 Å². The fourth-order valence-corrected chi connectivity index (χ4v) is 5.65. The highest BCUT2D eigenvalue weighted by Gasteiger charge is 2.15. The summed E-state index contributed by atoms with van der Waals surface area (Å²) < 4.78 is 23.8. The normalized spacial score (nSPS) is 12.0. The van der Waals surface area contributed by atoms with Crippen molar-refractivity contribution in [1.82, 2.24) is 19.2 Å². The van der Waals surface area contributed by atoms with E-state index < -0.39 is 0 Å². The number of ether oxygens (including phenoxy) is 1. The second kappa shape index (κ2) is 9.91. The van der Waals surface area contributed by atoms with Gasteiger partial charge in [0.25, 0.3) is 5.56 Å². The molecule has 6 nitrogen and oxygen atoms in total. The van der Waals surface area contributed by atoms with E-state index in [2.05, 4.69) is 4.98 Å². The van der Waals surface area contributed by atoms with Gasteiger partial charge >= 0.3 is 0 Å². The lowest BCUT2D eigenvalue weighted by molar-refractivity contribution is 0.300. The Morgan fingerprint density at radius 1 is 0.875 bits per heavy atom. The molecule has 0 aliphatic carbocycles. The fraction of sp³-hybridized carbons (Fsp3) is 0.0312. The highest BCUT2D eigenvalue weighted by Crippen LogP contribution is 2.27. The second-order valence-electron chi connectivity index (χ2n) is 9.25. The van der Waals surface area contributed by atoms with E-state index in [4.69, 9.17) is 9.84 Å². The van der Waals surface area contributed by atoms with Crippen LogP contribution >= 0.6 is 11.3 Å². The number of hydrogen-bond acceptors (Lipinski definition) is 5. The van der Waals surface area contributed by atoms with Crippen LogP contribution in [0.1, 0.15) is 11.1 Å². The molecule has 8 heteroatoms. The fourth-order valence-electron chi connectivity index (χ4n) is 4.67. The van der Waals surface area contributed by atoms with Crippen LogP contribution in [0.5, 0.6) is 5.75 Å². The Bertz CT molecular complexity index is 2100. The van der Waals surface area contributed by atoms with Crippen LogP contribution in [0.15, 0.2) is 114 Å². The standard InChI is InChI=1S/C32H21FN4O2S/c33-26-11-5-4-8-22(26)20-39-25-16-14-21(15-17-25)30-23(19-36(35-30)24-9-2-1-3-10-24)18-29-31(38)37-28-13-7-6-12-27(28)34-32(37)40-29/h1-19H,20H2/b29-18-. The predicted molar refractivity (Wildman–Crippen MR) is 155 cm³/mol. The first-order valence-corrected chi connectivity index (χ1v) is 13.5. The largest absolute Gasteiger partial charge is 0.489 e. The highest BCUT2D eigenvalue weighted by atomic mass is 32.1. The minimum atomic E-state index is -0.294. The zero-order valence-electron chi connectivity index (χ0n) is 21.1. The minimum absolute atomic E-state index is 0.107. The third kappa shape index (κ3) is 4.34. The number of para-hydroxylation sites is 3. The van der Waals surface area contributed by atoms with Gasteiger partial charge in [0, 0.05) is 22.9 Å². The van der Waals surface area contributed by atoms with Crippen LogP contribution in [-0.4, -0.2) is 19.2 Å². The Morgan fingerprint density at radius 2 is 1.62 bits per heavy atom. The molecule has 0 unspecified atom stereocenters. The maximum atomic E-state index is 14.0. The van der Waals surface area contributed by atoms with Crippen molar-refractivity contribution in [3.05, 3.63) is 141 Å². The van der Waals surface area contributed by atoms with Crippen molar-refractivity contribution >= 4 is 33.4 Å². The van der Waals surface area contributed by atoms with Gasteiger partial charge in [-0.3, -0.25) is 4.79 Å². The van der Waals surface area contributed by atoms with E-state index in [1.165, 1.54) is 17.4 Å². The molecule has 0 aliphatic heterocycles. The lowest BCUT2D eigenvalue weighted by Gasteiger charge is -2.08. The number of halogens is 1. The van der Waals surface area contributed by atoms with E-state index in [1.54, 1.807) is 22.6 Å². The van der Waals surface area contributed by atoms with Crippen molar-refractivity contribution < 1.29 is 9.13 Å². The van der Waals surface area contributed by atoms with Crippen molar-refractivity contribution in [2.45, 2.75) is 6.61 Å². The second-order valence-corrected chi connectivity index (χ2v) is 10.3. The summed E-state index contributed by atoms with van der Waals surface area (Å²) in [6, 6.07) is 31.5. The van der Waals surface area contributed by atoms with Crippen molar-refractivity contribution in [3.63, 3.8) is 0 Å². The first-order chi connectivity index (χ1) is 19.6.